The molecule has 0 spiro atoms. The molecule has 17 heavy (non-hydrogen) atoms. The van der Waals surface area contributed by atoms with E-state index in [0.717, 1.165) is 5.69 Å². The first-order chi connectivity index (χ1) is 7.99. The van der Waals surface area contributed by atoms with Gasteiger partial charge in [-0.3, -0.25) is 15.6 Å². The van der Waals surface area contributed by atoms with Crippen LogP contribution in [0.15, 0.2) is 24.3 Å². The van der Waals surface area contributed by atoms with Gasteiger partial charge in [-0.25, -0.2) is 0 Å². The van der Waals surface area contributed by atoms with Crippen molar-refractivity contribution in [3.63, 3.8) is 0 Å². The van der Waals surface area contributed by atoms with Gasteiger partial charge in [-0.1, -0.05) is 26.0 Å². The van der Waals surface area contributed by atoms with E-state index in [0.29, 0.717) is 11.0 Å². The lowest BCUT2D eigenvalue weighted by molar-refractivity contribution is -0.119. The van der Waals surface area contributed by atoms with Gasteiger partial charge in [0.05, 0.1) is 0 Å². The third kappa shape index (κ3) is 4.82. The molecule has 0 saturated carbocycles. The first-order valence-electron chi connectivity index (χ1n) is 5.42. The molecule has 0 aliphatic rings. The molecular weight excluding hydrogens is 234 g/mol. The number of benzene rings is 1. The molecular formula is C12H17N3OS. The number of hydrogen-bond acceptors (Lipinski definition) is 2. The molecule has 0 atom stereocenters. The van der Waals surface area contributed by atoms with Gasteiger partial charge in [-0.05, 0) is 35.8 Å². The van der Waals surface area contributed by atoms with Gasteiger partial charge in [0.15, 0.2) is 5.11 Å². The number of thiocarbonyl (C=S) groups is 1. The van der Waals surface area contributed by atoms with Crippen LogP contribution in [0.3, 0.4) is 0 Å². The largest absolute Gasteiger partial charge is 0.331 e. The molecule has 1 aromatic carbocycles. The fourth-order valence-corrected chi connectivity index (χ4v) is 1.43. The second kappa shape index (κ2) is 6.20. The fourth-order valence-electron chi connectivity index (χ4n) is 1.26. The normalized spacial score (nSPS) is 9.88. The third-order valence-electron chi connectivity index (χ3n) is 2.19. The van der Waals surface area contributed by atoms with Crippen LogP contribution in [-0.2, 0) is 4.79 Å². The fraction of sp³-hybridized carbons (Fsp3) is 0.333. The molecule has 0 saturated heterocycles. The predicted molar refractivity (Wildman–Crippen MR) is 73.7 cm³/mol. The van der Waals surface area contributed by atoms with Crippen LogP contribution in [0.4, 0.5) is 5.69 Å². The number of nitrogens with one attached hydrogen (secondary N) is 3. The zero-order valence-corrected chi connectivity index (χ0v) is 11.0. The Balaban J connectivity index is 2.51. The number of hydrazine groups is 1. The van der Waals surface area contributed by atoms with Gasteiger partial charge in [0, 0.05) is 12.6 Å². The molecule has 92 valence electrons. The summed E-state index contributed by atoms with van der Waals surface area (Å²) in [6.07, 6.45) is 0. The Morgan fingerprint density at radius 1 is 1.18 bits per heavy atom. The molecule has 1 aromatic rings. The molecule has 0 radical (unpaired) electrons. The van der Waals surface area contributed by atoms with E-state index in [1.807, 2.05) is 24.3 Å². The Kier molecular flexibility index (Phi) is 4.90. The monoisotopic (exact) mass is 251 g/mol. The molecule has 0 aromatic heterocycles. The van der Waals surface area contributed by atoms with Crippen molar-refractivity contribution in [3.8, 4) is 0 Å². The number of rotatable bonds is 2. The number of carbonyl (C=O) groups excluding carboxylic acids is 1. The summed E-state index contributed by atoms with van der Waals surface area (Å²) in [5.74, 6) is 0.317. The van der Waals surface area contributed by atoms with Crippen molar-refractivity contribution in [1.82, 2.24) is 10.9 Å². The molecule has 0 bridgehead atoms. The summed E-state index contributed by atoms with van der Waals surface area (Å²) in [4.78, 5) is 10.7. The average Bonchev–Trinajstić information content (AvgIpc) is 2.27. The van der Waals surface area contributed by atoms with E-state index in [4.69, 9.17) is 12.2 Å². The zero-order chi connectivity index (χ0) is 12.8. The first kappa shape index (κ1) is 13.4. The highest BCUT2D eigenvalue weighted by Gasteiger charge is 2.00. The highest BCUT2D eigenvalue weighted by Crippen LogP contribution is 2.16. The minimum Gasteiger partial charge on any atom is -0.331 e. The van der Waals surface area contributed by atoms with E-state index >= 15 is 0 Å². The zero-order valence-electron chi connectivity index (χ0n) is 10.2. The van der Waals surface area contributed by atoms with E-state index in [1.165, 1.54) is 12.5 Å². The van der Waals surface area contributed by atoms with Crippen molar-refractivity contribution in [2.24, 2.45) is 0 Å². The molecule has 5 heteroatoms. The Morgan fingerprint density at radius 2 is 1.76 bits per heavy atom. The Morgan fingerprint density at radius 3 is 2.24 bits per heavy atom. The molecule has 1 amide bonds. The van der Waals surface area contributed by atoms with Crippen LogP contribution in [0.1, 0.15) is 32.3 Å². The second-order valence-corrected chi connectivity index (χ2v) is 4.45. The summed E-state index contributed by atoms with van der Waals surface area (Å²) in [6, 6.07) is 8.01. The van der Waals surface area contributed by atoms with Gasteiger partial charge < -0.3 is 5.32 Å². The summed E-state index contributed by atoms with van der Waals surface area (Å²) >= 11 is 5.00. The van der Waals surface area contributed by atoms with Crippen LogP contribution in [-0.4, -0.2) is 11.0 Å². The van der Waals surface area contributed by atoms with E-state index in [-0.39, 0.29) is 5.91 Å². The van der Waals surface area contributed by atoms with Crippen molar-refractivity contribution in [3.05, 3.63) is 29.8 Å². The predicted octanol–water partition coefficient (Wildman–Crippen LogP) is 2.15. The molecule has 0 heterocycles. The van der Waals surface area contributed by atoms with Gasteiger partial charge in [0.2, 0.25) is 5.91 Å². The topological polar surface area (TPSA) is 53.2 Å². The molecule has 3 N–H and O–H groups in total. The van der Waals surface area contributed by atoms with Gasteiger partial charge in [0.25, 0.3) is 0 Å². The van der Waals surface area contributed by atoms with Crippen molar-refractivity contribution in [2.75, 3.05) is 5.32 Å². The molecule has 0 aliphatic carbocycles. The van der Waals surface area contributed by atoms with Crippen molar-refractivity contribution in [2.45, 2.75) is 26.7 Å². The highest BCUT2D eigenvalue weighted by atomic mass is 32.1. The van der Waals surface area contributed by atoms with Crippen molar-refractivity contribution >= 4 is 28.9 Å². The van der Waals surface area contributed by atoms with Crippen LogP contribution < -0.4 is 16.2 Å². The number of carbonyl (C=O) groups is 1. The third-order valence-corrected chi connectivity index (χ3v) is 2.39. The Labute approximate surface area is 107 Å². The van der Waals surface area contributed by atoms with Crippen LogP contribution in [0, 0.1) is 0 Å². The van der Waals surface area contributed by atoms with Crippen molar-refractivity contribution < 1.29 is 4.79 Å². The lowest BCUT2D eigenvalue weighted by Gasteiger charge is -2.11. The molecule has 4 nitrogen and oxygen atoms in total. The van der Waals surface area contributed by atoms with Gasteiger partial charge in [0.1, 0.15) is 0 Å². The van der Waals surface area contributed by atoms with Crippen LogP contribution >= 0.6 is 12.2 Å². The lowest BCUT2D eigenvalue weighted by atomic mass is 10.0. The minimum absolute atomic E-state index is 0.190. The smallest absolute Gasteiger partial charge is 0.235 e. The van der Waals surface area contributed by atoms with Crippen LogP contribution in [0.5, 0.6) is 0 Å². The Bertz CT molecular complexity index is 401. The number of amides is 1. The minimum atomic E-state index is -0.190. The summed E-state index contributed by atoms with van der Waals surface area (Å²) < 4.78 is 0. The maximum Gasteiger partial charge on any atom is 0.235 e. The summed E-state index contributed by atoms with van der Waals surface area (Å²) in [6.45, 7) is 5.70. The number of anilines is 1. The summed E-state index contributed by atoms with van der Waals surface area (Å²) in [5, 5.41) is 3.33. The Hall–Kier alpha value is -1.62. The SMILES string of the molecule is CC(=O)NNC(=S)Nc1ccc(C(C)C)cc1. The van der Waals surface area contributed by atoms with E-state index in [2.05, 4.69) is 30.0 Å². The van der Waals surface area contributed by atoms with Gasteiger partial charge in [-0.2, -0.15) is 0 Å². The molecule has 0 aliphatic heterocycles. The van der Waals surface area contributed by atoms with E-state index in [1.54, 1.807) is 0 Å². The molecule has 0 fully saturated rings. The van der Waals surface area contributed by atoms with Crippen molar-refractivity contribution in [1.29, 1.82) is 0 Å². The maximum atomic E-state index is 10.7. The quantitative estimate of drug-likeness (QED) is 0.557. The molecule has 1 rings (SSSR count). The maximum absolute atomic E-state index is 10.7. The number of hydrogen-bond donors (Lipinski definition) is 3. The second-order valence-electron chi connectivity index (χ2n) is 4.04. The van der Waals surface area contributed by atoms with E-state index < -0.39 is 0 Å². The summed E-state index contributed by atoms with van der Waals surface area (Å²) in [5.41, 5.74) is 7.15. The average molecular weight is 251 g/mol. The van der Waals surface area contributed by atoms with E-state index in [9.17, 15) is 4.79 Å². The lowest BCUT2D eigenvalue weighted by Crippen LogP contribution is -2.42. The standard InChI is InChI=1S/C12H17N3OS/c1-8(2)10-4-6-11(7-5-10)13-12(17)15-14-9(3)16/h4-8H,1-3H3,(H,14,16)(H2,13,15,17). The van der Waals surface area contributed by atoms with Gasteiger partial charge >= 0.3 is 0 Å². The first-order valence-corrected chi connectivity index (χ1v) is 5.83. The van der Waals surface area contributed by atoms with Crippen LogP contribution in [0.25, 0.3) is 0 Å². The summed E-state index contributed by atoms with van der Waals surface area (Å²) in [7, 11) is 0. The molecule has 0 unspecified atom stereocenters. The van der Waals surface area contributed by atoms with Crippen LogP contribution in [0.2, 0.25) is 0 Å². The highest BCUT2D eigenvalue weighted by molar-refractivity contribution is 7.80. The van der Waals surface area contributed by atoms with Gasteiger partial charge in [-0.15, -0.1) is 0 Å².